The van der Waals surface area contributed by atoms with Gasteiger partial charge in [-0.1, -0.05) is 0 Å². The third-order valence-electron chi connectivity index (χ3n) is 4.88. The predicted octanol–water partition coefficient (Wildman–Crippen LogP) is 8.73. The topological polar surface area (TPSA) is 0 Å². The number of hydrogen-bond acceptors (Lipinski definition) is 0. The van der Waals surface area contributed by atoms with Crippen LogP contribution in [0.3, 0.4) is 0 Å². The number of rotatable bonds is 14. The van der Waals surface area contributed by atoms with Crippen LogP contribution in [0.5, 0.6) is 0 Å². The molecule has 0 aromatic heterocycles. The van der Waals surface area contributed by atoms with E-state index < -0.39 is 27.4 Å². The summed E-state index contributed by atoms with van der Waals surface area (Å²) in [6, 6.07) is 0. The molecule has 2 atom stereocenters. The van der Waals surface area contributed by atoms with Crippen LogP contribution in [0.25, 0.3) is 0 Å². The van der Waals surface area contributed by atoms with Gasteiger partial charge in [0.2, 0.25) is 0 Å². The van der Waals surface area contributed by atoms with Crippen molar-refractivity contribution in [2.24, 2.45) is 0 Å². The molecule has 0 N–H and O–H groups in total. The van der Waals surface area contributed by atoms with Crippen LogP contribution in [-0.4, -0.2) is 12.3 Å². The molecule has 0 bridgehead atoms. The molecule has 1 heterocycles. The first-order chi connectivity index (χ1) is 12.3. The van der Waals surface area contributed by atoms with E-state index in [0.29, 0.717) is 12.7 Å². The molecule has 150 valence electrons. The molecule has 0 nitrogen and oxygen atoms in total. The van der Waals surface area contributed by atoms with Gasteiger partial charge >= 0.3 is 198 Å². The van der Waals surface area contributed by atoms with Gasteiger partial charge in [-0.15, -0.1) is 0 Å². The molecule has 0 amide bonds. The van der Waals surface area contributed by atoms with Crippen molar-refractivity contribution in [1.29, 1.82) is 0 Å². The van der Waals surface area contributed by atoms with E-state index in [1.54, 1.807) is 28.5 Å². The summed E-state index contributed by atoms with van der Waals surface area (Å²) in [5.41, 5.74) is 0. The Hall–Kier alpha value is 5.73. The summed E-state index contributed by atoms with van der Waals surface area (Å²) in [6.07, 6.45) is 11.7. The van der Waals surface area contributed by atoms with Gasteiger partial charge in [-0.05, 0) is 0 Å². The van der Waals surface area contributed by atoms with Crippen LogP contribution < -0.4 is 0 Å². The van der Waals surface area contributed by atoms with Crippen molar-refractivity contribution in [2.75, 3.05) is 12.3 Å². The molecule has 2 unspecified atom stereocenters. The van der Waals surface area contributed by atoms with Crippen molar-refractivity contribution in [1.82, 2.24) is 0 Å². The molecular formula is C16H38Cl2P2Ti6. The predicted molar refractivity (Wildman–Crippen MR) is 107 cm³/mol. The zero-order valence-electron chi connectivity index (χ0n) is 17.2. The quantitative estimate of drug-likeness (QED) is 0.100. The maximum absolute atomic E-state index is 7.81. The first-order valence-electron chi connectivity index (χ1n) is 10.6. The van der Waals surface area contributed by atoms with E-state index in [9.17, 15) is 0 Å². The fourth-order valence-electron chi connectivity index (χ4n) is 3.36. The fraction of sp³-hybridized carbons (Fsp3) is 1.00. The van der Waals surface area contributed by atoms with Crippen LogP contribution in [0.4, 0.5) is 0 Å². The zero-order chi connectivity index (χ0) is 19.5. The molecule has 0 spiro atoms. The normalized spacial score (nSPS) is 22.7. The molecule has 1 aliphatic heterocycles. The standard InChI is InChI=1S/2C4H10P.2C4H9.2ClH.6Ti/c2*1-2-3-4-5;2*1-3-4-2;;;;;;;;/h2*5H,2-4H2,1H3;2*1,3-4H2,2H3;2*1H;;;;;;/q2*-1;;;;;;;;;+1;+3/p-2. The molecule has 26 heavy (non-hydrogen) atoms. The SMILES string of the molecule is CCCC[PH][Ti]1[Ti][Ti]([CH2]CCC)([CH2]CCC)[Ti][Ti]([Cl])([Cl])([PH]CCCC)[Ti]1. The molecule has 0 saturated carbocycles. The van der Waals surface area contributed by atoms with Gasteiger partial charge in [0.15, 0.2) is 0 Å². The summed E-state index contributed by atoms with van der Waals surface area (Å²) in [6.45, 7) is 12.1. The fourth-order valence-corrected chi connectivity index (χ4v) is 663. The van der Waals surface area contributed by atoms with Gasteiger partial charge < -0.3 is 0 Å². The summed E-state index contributed by atoms with van der Waals surface area (Å²) >= 11 is 0.882. The molecular weight excluding hydrogens is 612 g/mol. The Bertz CT molecular complexity index is 395. The van der Waals surface area contributed by atoms with Gasteiger partial charge in [0.05, 0.1) is 0 Å². The minimum absolute atomic E-state index is 0.147. The monoisotopic (exact) mass is 650 g/mol. The summed E-state index contributed by atoms with van der Waals surface area (Å²) in [5, 5.41) is 0. The van der Waals surface area contributed by atoms with Crippen LogP contribution in [0.15, 0.2) is 0 Å². The second kappa shape index (κ2) is 15.6. The summed E-state index contributed by atoms with van der Waals surface area (Å²) in [4.78, 5) is 0. The molecule has 0 aliphatic carbocycles. The second-order valence-corrected chi connectivity index (χ2v) is 131. The summed E-state index contributed by atoms with van der Waals surface area (Å²) < 4.78 is 3.49. The van der Waals surface area contributed by atoms with Crippen LogP contribution >= 0.6 is 31.8 Å². The molecule has 1 saturated heterocycles. The average Bonchev–Trinajstić information content (AvgIpc) is 2.58. The van der Waals surface area contributed by atoms with Crippen molar-refractivity contribution in [3.05, 3.63) is 0 Å². The average molecular weight is 651 g/mol. The third-order valence-corrected chi connectivity index (χ3v) is 265. The van der Waals surface area contributed by atoms with Crippen molar-refractivity contribution < 1.29 is 65.6 Å². The van der Waals surface area contributed by atoms with E-state index in [2.05, 4.69) is 27.7 Å². The number of hydrogen-bond donors (Lipinski definition) is 0. The van der Waals surface area contributed by atoms with E-state index in [4.69, 9.17) is 18.6 Å². The van der Waals surface area contributed by atoms with E-state index in [1.165, 1.54) is 51.3 Å². The molecule has 1 fully saturated rings. The Balaban J connectivity index is 3.00. The zero-order valence-corrected chi connectivity index (χ0v) is 30.1. The van der Waals surface area contributed by atoms with Gasteiger partial charge in [0.25, 0.3) is 0 Å². The second-order valence-electron chi connectivity index (χ2n) is 7.61. The van der Waals surface area contributed by atoms with E-state index >= 15 is 0 Å². The van der Waals surface area contributed by atoms with Crippen LogP contribution in [-0.2, 0) is 65.6 Å². The van der Waals surface area contributed by atoms with Gasteiger partial charge in [-0.3, -0.25) is 0 Å². The van der Waals surface area contributed by atoms with Crippen molar-refractivity contribution in [3.8, 4) is 0 Å². The van der Waals surface area contributed by atoms with Gasteiger partial charge in [0, 0.05) is 0 Å². The minimum atomic E-state index is -2.90. The van der Waals surface area contributed by atoms with Crippen molar-refractivity contribution >= 4 is 31.8 Å². The first kappa shape index (κ1) is 29.8. The summed E-state index contributed by atoms with van der Waals surface area (Å²) in [5.74, 6) is 0. The molecule has 0 radical (unpaired) electrons. The van der Waals surface area contributed by atoms with Gasteiger partial charge in [-0.2, -0.15) is 0 Å². The number of halogens is 2. The summed E-state index contributed by atoms with van der Waals surface area (Å²) in [7, 11) is 13.4. The van der Waals surface area contributed by atoms with E-state index in [1.807, 2.05) is 0 Å². The molecule has 10 heteroatoms. The first-order valence-corrected chi connectivity index (χ1v) is 48.2. The molecule has 1 rings (SSSR count). The van der Waals surface area contributed by atoms with E-state index in [-0.39, 0.29) is 25.5 Å². The number of unbranched alkanes of at least 4 members (excludes halogenated alkanes) is 4. The van der Waals surface area contributed by atoms with Crippen LogP contribution in [0.2, 0.25) is 9.45 Å². The van der Waals surface area contributed by atoms with E-state index in [0.717, 1.165) is 6.57 Å². The third kappa shape index (κ3) is 11.7. The Labute approximate surface area is 194 Å². The van der Waals surface area contributed by atoms with Crippen LogP contribution in [0.1, 0.15) is 79.1 Å². The molecule has 1 aliphatic rings. The molecule has 0 aromatic rings. The van der Waals surface area contributed by atoms with Crippen molar-refractivity contribution in [3.63, 3.8) is 0 Å². The Morgan fingerprint density at radius 1 is 0.846 bits per heavy atom. The van der Waals surface area contributed by atoms with Gasteiger partial charge in [0.1, 0.15) is 0 Å². The van der Waals surface area contributed by atoms with Crippen molar-refractivity contribution in [2.45, 2.75) is 88.5 Å². The Morgan fingerprint density at radius 3 is 1.92 bits per heavy atom. The van der Waals surface area contributed by atoms with Crippen LogP contribution in [0, 0.1) is 0 Å². The maximum atomic E-state index is 7.81. The Morgan fingerprint density at radius 2 is 1.38 bits per heavy atom. The Kier molecular flexibility index (Phi) is 17.8. The van der Waals surface area contributed by atoms with Gasteiger partial charge in [-0.25, -0.2) is 0 Å². The molecule has 0 aromatic carbocycles.